The van der Waals surface area contributed by atoms with Gasteiger partial charge in [0.15, 0.2) is 0 Å². The van der Waals surface area contributed by atoms with E-state index in [9.17, 15) is 0 Å². The molecule has 150 valence electrons. The van der Waals surface area contributed by atoms with Gasteiger partial charge in [0.25, 0.3) is 0 Å². The first kappa shape index (κ1) is 18.9. The fourth-order valence-electron chi connectivity index (χ4n) is 3.70. The summed E-state index contributed by atoms with van der Waals surface area (Å²) in [5.41, 5.74) is 7.47. The van der Waals surface area contributed by atoms with Gasteiger partial charge in [-0.25, -0.2) is 0 Å². The molecular weight excluding hydrogens is 380 g/mol. The van der Waals surface area contributed by atoms with Crippen LogP contribution < -0.4 is 4.90 Å². The van der Waals surface area contributed by atoms with E-state index in [1.54, 1.807) is 0 Å². The molecule has 3 heterocycles. The number of nitrogens with zero attached hydrogens (tertiary/aromatic N) is 4. The summed E-state index contributed by atoms with van der Waals surface area (Å²) in [5.74, 6) is 0. The first-order valence-corrected chi connectivity index (χ1v) is 10.3. The predicted molar refractivity (Wildman–Crippen MR) is 128 cm³/mol. The Morgan fingerprint density at radius 3 is 1.74 bits per heavy atom. The van der Waals surface area contributed by atoms with Crippen LogP contribution in [0.1, 0.15) is 12.5 Å². The van der Waals surface area contributed by atoms with Crippen LogP contribution in [-0.2, 0) is 0 Å². The fourth-order valence-corrected chi connectivity index (χ4v) is 3.70. The summed E-state index contributed by atoms with van der Waals surface area (Å²) in [5, 5.41) is 0. The van der Waals surface area contributed by atoms with Crippen molar-refractivity contribution in [1.82, 2.24) is 9.97 Å². The quantitative estimate of drug-likeness (QED) is 0.415. The molecule has 31 heavy (non-hydrogen) atoms. The lowest BCUT2D eigenvalue weighted by molar-refractivity contribution is 0.747. The lowest BCUT2D eigenvalue weighted by atomic mass is 10.0. The summed E-state index contributed by atoms with van der Waals surface area (Å²) < 4.78 is 0. The number of hydrogen-bond acceptors (Lipinski definition) is 4. The highest BCUT2D eigenvalue weighted by Crippen LogP contribution is 2.28. The van der Waals surface area contributed by atoms with E-state index >= 15 is 0 Å². The van der Waals surface area contributed by atoms with Crippen molar-refractivity contribution >= 4 is 17.5 Å². The van der Waals surface area contributed by atoms with Crippen LogP contribution in [0.2, 0.25) is 0 Å². The molecular formula is C27H22N4. The third-order valence-corrected chi connectivity index (χ3v) is 5.42. The molecule has 1 atom stereocenters. The number of aromatic nitrogens is 2. The molecule has 0 saturated carbocycles. The highest BCUT2D eigenvalue weighted by Gasteiger charge is 2.17. The Kier molecular flexibility index (Phi) is 5.11. The second-order valence-electron chi connectivity index (χ2n) is 7.46. The van der Waals surface area contributed by atoms with Crippen LogP contribution in [0.5, 0.6) is 0 Å². The molecule has 0 radical (unpaired) electrons. The van der Waals surface area contributed by atoms with Gasteiger partial charge in [0.05, 0.1) is 11.4 Å². The van der Waals surface area contributed by atoms with E-state index < -0.39 is 0 Å². The van der Waals surface area contributed by atoms with E-state index in [1.165, 1.54) is 0 Å². The smallest absolute Gasteiger partial charge is 0.122 e. The van der Waals surface area contributed by atoms with Crippen LogP contribution in [0, 0.1) is 0 Å². The molecule has 1 unspecified atom stereocenters. The van der Waals surface area contributed by atoms with Gasteiger partial charge in [0, 0.05) is 47.2 Å². The van der Waals surface area contributed by atoms with E-state index in [2.05, 4.69) is 76.5 Å². The maximum absolute atomic E-state index is 4.71. The Morgan fingerprint density at radius 1 is 0.645 bits per heavy atom. The molecule has 4 nitrogen and oxygen atoms in total. The highest BCUT2D eigenvalue weighted by atomic mass is 15.2. The van der Waals surface area contributed by atoms with E-state index in [1.807, 2.05) is 55.0 Å². The van der Waals surface area contributed by atoms with E-state index in [4.69, 9.17) is 4.99 Å². The number of aliphatic imine (C=N–C) groups is 1. The van der Waals surface area contributed by atoms with Crippen molar-refractivity contribution in [1.29, 1.82) is 0 Å². The summed E-state index contributed by atoms with van der Waals surface area (Å²) in [7, 11) is 0. The third-order valence-electron chi connectivity index (χ3n) is 5.42. The summed E-state index contributed by atoms with van der Waals surface area (Å²) in [6.45, 7) is 2.10. The Morgan fingerprint density at radius 2 is 1.19 bits per heavy atom. The van der Waals surface area contributed by atoms with Crippen LogP contribution in [0.3, 0.4) is 0 Å². The van der Waals surface area contributed by atoms with Crippen molar-refractivity contribution in [2.45, 2.75) is 13.1 Å². The molecule has 0 spiro atoms. The van der Waals surface area contributed by atoms with E-state index in [0.29, 0.717) is 0 Å². The van der Waals surface area contributed by atoms with E-state index in [0.717, 1.165) is 39.3 Å². The van der Waals surface area contributed by atoms with Crippen LogP contribution in [0.15, 0.2) is 109 Å². The van der Waals surface area contributed by atoms with Gasteiger partial charge >= 0.3 is 0 Å². The molecule has 4 heteroatoms. The summed E-state index contributed by atoms with van der Waals surface area (Å²) in [4.78, 5) is 15.8. The highest BCUT2D eigenvalue weighted by molar-refractivity contribution is 6.11. The normalized spacial score (nSPS) is 15.6. The zero-order valence-electron chi connectivity index (χ0n) is 17.3. The van der Waals surface area contributed by atoms with Gasteiger partial charge in [-0.1, -0.05) is 48.5 Å². The average Bonchev–Trinajstić information content (AvgIpc) is 2.86. The van der Waals surface area contributed by atoms with Gasteiger partial charge in [-0.05, 0) is 48.9 Å². The number of rotatable bonds is 4. The Labute approximate surface area is 182 Å². The first-order valence-electron chi connectivity index (χ1n) is 10.3. The fraction of sp³-hybridized carbons (Fsp3) is 0.0741. The van der Waals surface area contributed by atoms with Gasteiger partial charge in [-0.3, -0.25) is 15.0 Å². The molecule has 0 amide bonds. The van der Waals surface area contributed by atoms with Crippen LogP contribution in [0.25, 0.3) is 28.1 Å². The molecule has 0 N–H and O–H groups in total. The molecule has 5 rings (SSSR count). The summed E-state index contributed by atoms with van der Waals surface area (Å²) >= 11 is 0. The molecule has 0 bridgehead atoms. The minimum Gasteiger partial charge on any atom is -0.325 e. The van der Waals surface area contributed by atoms with Crippen molar-refractivity contribution in [3.8, 4) is 22.5 Å². The lowest BCUT2D eigenvalue weighted by Gasteiger charge is -2.29. The van der Waals surface area contributed by atoms with Crippen molar-refractivity contribution in [2.24, 2.45) is 4.99 Å². The zero-order chi connectivity index (χ0) is 21.0. The second kappa shape index (κ2) is 8.36. The molecule has 1 aliphatic rings. The van der Waals surface area contributed by atoms with Gasteiger partial charge in [0.1, 0.15) is 6.17 Å². The van der Waals surface area contributed by atoms with E-state index in [-0.39, 0.29) is 6.17 Å². The second-order valence-corrected chi connectivity index (χ2v) is 7.46. The first-order chi connectivity index (χ1) is 15.3. The number of allylic oxidation sites excluding steroid dienone is 1. The number of benzene rings is 2. The largest absolute Gasteiger partial charge is 0.325 e. The number of hydrogen-bond donors (Lipinski definition) is 0. The van der Waals surface area contributed by atoms with Crippen LogP contribution in [-0.4, -0.2) is 22.3 Å². The molecule has 2 aromatic heterocycles. The topological polar surface area (TPSA) is 41.4 Å². The maximum Gasteiger partial charge on any atom is 0.122 e. The molecule has 0 fully saturated rings. The van der Waals surface area contributed by atoms with Crippen LogP contribution in [0.4, 0.5) is 5.69 Å². The predicted octanol–water partition coefficient (Wildman–Crippen LogP) is 6.09. The molecule has 4 aromatic rings. The molecule has 0 aliphatic carbocycles. The molecule has 2 aromatic carbocycles. The van der Waals surface area contributed by atoms with Crippen molar-refractivity contribution < 1.29 is 0 Å². The monoisotopic (exact) mass is 402 g/mol. The standard InChI is InChI=1S/C27H22N4/c1-20-30-18-24(21-8-10-22(11-9-21)26-6-2-4-16-28-26)19-31(20)25-14-12-23(13-15-25)27-7-3-5-17-29-27/h2-20H,1H3. The van der Waals surface area contributed by atoms with Gasteiger partial charge in [-0.15, -0.1) is 0 Å². The minimum atomic E-state index is 0.0391. The summed E-state index contributed by atoms with van der Waals surface area (Å²) in [6.07, 6.45) is 7.80. The van der Waals surface area contributed by atoms with Crippen molar-refractivity contribution in [3.63, 3.8) is 0 Å². The molecule has 1 aliphatic heterocycles. The molecule has 0 saturated heterocycles. The van der Waals surface area contributed by atoms with Crippen LogP contribution >= 0.6 is 0 Å². The Bertz CT molecular complexity index is 1210. The Balaban J connectivity index is 1.40. The average molecular weight is 403 g/mol. The van der Waals surface area contributed by atoms with Crippen molar-refractivity contribution in [3.05, 3.63) is 109 Å². The third kappa shape index (κ3) is 4.01. The number of anilines is 1. The van der Waals surface area contributed by atoms with Gasteiger partial charge in [0.2, 0.25) is 0 Å². The lowest BCUT2D eigenvalue weighted by Crippen LogP contribution is -2.29. The maximum atomic E-state index is 4.71. The van der Waals surface area contributed by atoms with Gasteiger partial charge < -0.3 is 4.90 Å². The number of pyridine rings is 2. The van der Waals surface area contributed by atoms with Gasteiger partial charge in [-0.2, -0.15) is 0 Å². The zero-order valence-corrected chi connectivity index (χ0v) is 17.3. The summed E-state index contributed by atoms with van der Waals surface area (Å²) in [6, 6.07) is 28.9. The minimum absolute atomic E-state index is 0.0391. The SMILES string of the molecule is CC1N=CC(c2ccc(-c3ccccn3)cc2)=CN1c1ccc(-c2ccccn2)cc1. The Hall–Kier alpha value is -4.05. The van der Waals surface area contributed by atoms with Crippen molar-refractivity contribution in [2.75, 3.05) is 4.90 Å².